The highest BCUT2D eigenvalue weighted by atomic mass is 35.5. The number of fused-ring (bicyclic) bond motifs is 1. The molecule has 2 aromatic carbocycles. The molecule has 6 nitrogen and oxygen atoms in total. The maximum atomic E-state index is 12.8. The van der Waals surface area contributed by atoms with Gasteiger partial charge >= 0.3 is 0 Å². The highest BCUT2D eigenvalue weighted by Gasteiger charge is 2.22. The third-order valence-corrected chi connectivity index (χ3v) is 8.79. The van der Waals surface area contributed by atoms with Crippen LogP contribution in [-0.2, 0) is 17.1 Å². The van der Waals surface area contributed by atoms with Crippen molar-refractivity contribution in [3.05, 3.63) is 56.8 Å². The number of rotatable bonds is 7. The van der Waals surface area contributed by atoms with Crippen LogP contribution in [0.15, 0.2) is 46.3 Å². The van der Waals surface area contributed by atoms with Crippen molar-refractivity contribution in [1.29, 1.82) is 0 Å². The fourth-order valence-corrected chi connectivity index (χ4v) is 6.14. The van der Waals surface area contributed by atoms with Crippen LogP contribution in [0.5, 0.6) is 0 Å². The number of hydrogen-bond acceptors (Lipinski definition) is 4. The van der Waals surface area contributed by atoms with Crippen molar-refractivity contribution in [2.24, 2.45) is 12.0 Å². The van der Waals surface area contributed by atoms with E-state index in [1.807, 2.05) is 19.9 Å². The summed E-state index contributed by atoms with van der Waals surface area (Å²) in [4.78, 5) is 17.5. The van der Waals surface area contributed by atoms with Gasteiger partial charge in [-0.25, -0.2) is 8.42 Å². The quantitative estimate of drug-likeness (QED) is 0.453. The van der Waals surface area contributed by atoms with Crippen molar-refractivity contribution in [3.63, 3.8) is 0 Å². The molecule has 0 spiro atoms. The summed E-state index contributed by atoms with van der Waals surface area (Å²) in [7, 11) is -1.83. The van der Waals surface area contributed by atoms with Gasteiger partial charge in [0.2, 0.25) is 10.0 Å². The van der Waals surface area contributed by atoms with Crippen molar-refractivity contribution in [2.75, 3.05) is 13.1 Å². The summed E-state index contributed by atoms with van der Waals surface area (Å²) in [5.74, 6) is -0.466. The van der Waals surface area contributed by atoms with Crippen LogP contribution >= 0.6 is 34.5 Å². The smallest absolute Gasteiger partial charge is 0.279 e. The maximum Gasteiger partial charge on any atom is 0.279 e. The normalized spacial score (nSPS) is 12.8. The molecule has 31 heavy (non-hydrogen) atoms. The molecule has 3 aromatic rings. The number of carbonyl (C=O) groups is 1. The van der Waals surface area contributed by atoms with E-state index in [4.69, 9.17) is 23.2 Å². The minimum Gasteiger partial charge on any atom is -0.318 e. The first-order chi connectivity index (χ1) is 14.7. The number of aryl methyl sites for hydroxylation is 1. The van der Waals surface area contributed by atoms with E-state index < -0.39 is 15.9 Å². The average Bonchev–Trinajstić information content (AvgIpc) is 3.07. The number of benzene rings is 2. The van der Waals surface area contributed by atoms with E-state index in [2.05, 4.69) is 4.99 Å². The second kappa shape index (κ2) is 9.83. The number of nitrogens with zero attached hydrogens (tertiary/aromatic N) is 3. The van der Waals surface area contributed by atoms with Gasteiger partial charge in [-0.1, -0.05) is 54.8 Å². The number of carbonyl (C=O) groups excluding carboxylic acids is 1. The Kier molecular flexibility index (Phi) is 7.59. The van der Waals surface area contributed by atoms with Gasteiger partial charge in [0, 0.05) is 25.7 Å². The van der Waals surface area contributed by atoms with E-state index >= 15 is 0 Å². The van der Waals surface area contributed by atoms with Crippen LogP contribution in [0.1, 0.15) is 37.0 Å². The molecule has 0 fully saturated rings. The zero-order valence-electron chi connectivity index (χ0n) is 17.4. The maximum absolute atomic E-state index is 12.8. The molecule has 10 heteroatoms. The predicted molar refractivity (Wildman–Crippen MR) is 126 cm³/mol. The molecule has 1 aromatic heterocycles. The fraction of sp³-hybridized carbons (Fsp3) is 0.333. The van der Waals surface area contributed by atoms with Crippen LogP contribution in [0.25, 0.3) is 10.2 Å². The van der Waals surface area contributed by atoms with Gasteiger partial charge in [0.25, 0.3) is 5.91 Å². The van der Waals surface area contributed by atoms with Crippen molar-refractivity contribution >= 4 is 60.7 Å². The van der Waals surface area contributed by atoms with E-state index in [0.717, 1.165) is 17.5 Å². The summed E-state index contributed by atoms with van der Waals surface area (Å²) >= 11 is 13.7. The number of unbranched alkanes of at least 4 members (excludes halogenated alkanes) is 1. The first-order valence-corrected chi connectivity index (χ1v) is 12.8. The van der Waals surface area contributed by atoms with Gasteiger partial charge in [-0.15, -0.1) is 0 Å². The Labute approximate surface area is 195 Å². The molecule has 0 aliphatic heterocycles. The second-order valence-electron chi connectivity index (χ2n) is 6.94. The predicted octanol–water partition coefficient (Wildman–Crippen LogP) is 5.10. The first-order valence-electron chi connectivity index (χ1n) is 9.83. The number of amides is 1. The van der Waals surface area contributed by atoms with Crippen LogP contribution in [0.2, 0.25) is 10.0 Å². The third-order valence-electron chi connectivity index (χ3n) is 4.91. The summed E-state index contributed by atoms with van der Waals surface area (Å²) in [6, 6.07) is 9.42. The van der Waals surface area contributed by atoms with Gasteiger partial charge in [0.15, 0.2) is 4.80 Å². The number of sulfonamides is 1. The molecular weight excluding hydrogens is 477 g/mol. The van der Waals surface area contributed by atoms with E-state index in [1.165, 1.54) is 39.9 Å². The van der Waals surface area contributed by atoms with Crippen LogP contribution in [0.4, 0.5) is 0 Å². The highest BCUT2D eigenvalue weighted by Crippen LogP contribution is 2.31. The number of aromatic nitrogens is 1. The standard InChI is InChI=1S/C21H23Cl2N3O3S2/c1-4-6-13-26(5-2)31(28,29)15-9-7-14(8-10-15)20(27)24-21-25(3)19-17(30-21)12-11-16(22)18(19)23/h7-12H,4-6,13H2,1-3H3. The number of thiazole rings is 1. The van der Waals surface area contributed by atoms with Gasteiger partial charge in [-0.3, -0.25) is 4.79 Å². The molecule has 0 unspecified atom stereocenters. The van der Waals surface area contributed by atoms with Crippen molar-refractivity contribution < 1.29 is 13.2 Å². The molecule has 0 aliphatic carbocycles. The lowest BCUT2D eigenvalue weighted by Crippen LogP contribution is -2.31. The number of halogens is 2. The summed E-state index contributed by atoms with van der Waals surface area (Å²) in [5, 5.41) is 0.835. The monoisotopic (exact) mass is 499 g/mol. The van der Waals surface area contributed by atoms with Gasteiger partial charge in [-0.05, 0) is 42.8 Å². The number of hydrogen-bond donors (Lipinski definition) is 0. The van der Waals surface area contributed by atoms with E-state index in [1.54, 1.807) is 17.7 Å². The van der Waals surface area contributed by atoms with E-state index in [9.17, 15) is 13.2 Å². The lowest BCUT2D eigenvalue weighted by atomic mass is 10.2. The van der Waals surface area contributed by atoms with Gasteiger partial charge in [-0.2, -0.15) is 9.30 Å². The molecule has 3 rings (SSSR count). The summed E-state index contributed by atoms with van der Waals surface area (Å²) in [5.41, 5.74) is 1.01. The highest BCUT2D eigenvalue weighted by molar-refractivity contribution is 7.89. The average molecular weight is 500 g/mol. The third kappa shape index (κ3) is 4.88. The zero-order valence-corrected chi connectivity index (χ0v) is 20.6. The second-order valence-corrected chi connectivity index (χ2v) is 10.7. The Morgan fingerprint density at radius 2 is 1.81 bits per heavy atom. The summed E-state index contributed by atoms with van der Waals surface area (Å²) < 4.78 is 29.7. The minimum absolute atomic E-state index is 0.163. The Morgan fingerprint density at radius 3 is 2.42 bits per heavy atom. The lowest BCUT2D eigenvalue weighted by molar-refractivity contribution is 0.0998. The molecule has 1 amide bonds. The first kappa shape index (κ1) is 23.9. The molecule has 0 saturated heterocycles. The lowest BCUT2D eigenvalue weighted by Gasteiger charge is -2.20. The van der Waals surface area contributed by atoms with Gasteiger partial charge < -0.3 is 4.57 Å². The van der Waals surface area contributed by atoms with E-state index in [-0.39, 0.29) is 4.90 Å². The molecule has 1 heterocycles. The van der Waals surface area contributed by atoms with Crippen LogP contribution in [0, 0.1) is 0 Å². The van der Waals surface area contributed by atoms with Crippen LogP contribution in [-0.4, -0.2) is 36.3 Å². The topological polar surface area (TPSA) is 71.7 Å². The van der Waals surface area contributed by atoms with Crippen LogP contribution < -0.4 is 4.80 Å². The SMILES string of the molecule is CCCCN(CC)S(=O)(=O)c1ccc(C(=O)N=c2sc3ccc(Cl)c(Cl)c3n2C)cc1. The molecule has 0 atom stereocenters. The minimum atomic E-state index is -3.60. The van der Waals surface area contributed by atoms with Gasteiger partial charge in [0.1, 0.15) is 0 Å². The van der Waals surface area contributed by atoms with Crippen molar-refractivity contribution in [2.45, 2.75) is 31.6 Å². The molecule has 0 aliphatic rings. The zero-order chi connectivity index (χ0) is 22.8. The Balaban J connectivity index is 1.92. The molecule has 0 saturated carbocycles. The van der Waals surface area contributed by atoms with Gasteiger partial charge in [0.05, 0.1) is 25.2 Å². The molecule has 0 radical (unpaired) electrons. The Hall–Kier alpha value is -1.71. The summed E-state index contributed by atoms with van der Waals surface area (Å²) in [6.07, 6.45) is 1.71. The molecular formula is C21H23Cl2N3O3S2. The van der Waals surface area contributed by atoms with E-state index in [0.29, 0.717) is 39.0 Å². The van der Waals surface area contributed by atoms with Crippen LogP contribution in [0.3, 0.4) is 0 Å². The molecule has 0 N–H and O–H groups in total. The Morgan fingerprint density at radius 1 is 1.13 bits per heavy atom. The molecule has 166 valence electrons. The Bertz CT molecular complexity index is 1280. The summed E-state index contributed by atoms with van der Waals surface area (Å²) in [6.45, 7) is 4.70. The fourth-order valence-electron chi connectivity index (χ4n) is 3.13. The van der Waals surface area contributed by atoms with Crippen molar-refractivity contribution in [1.82, 2.24) is 8.87 Å². The largest absolute Gasteiger partial charge is 0.318 e. The molecule has 0 bridgehead atoms. The van der Waals surface area contributed by atoms with Crippen molar-refractivity contribution in [3.8, 4) is 0 Å².